The number of nitrogens with zero attached hydrogens (tertiary/aromatic N) is 1. The van der Waals surface area contributed by atoms with Crippen molar-refractivity contribution in [2.45, 2.75) is 82.1 Å². The van der Waals surface area contributed by atoms with Crippen molar-refractivity contribution in [2.24, 2.45) is 0 Å². The number of carbonyl (C=O) groups excluding carboxylic acids is 1. The van der Waals surface area contributed by atoms with Crippen LogP contribution in [0.1, 0.15) is 81.2 Å². The lowest BCUT2D eigenvalue weighted by molar-refractivity contribution is -0.683. The van der Waals surface area contributed by atoms with Crippen LogP contribution in [0.25, 0.3) is 0 Å². The Balaban J connectivity index is 0.000000468. The van der Waals surface area contributed by atoms with Gasteiger partial charge in [0.1, 0.15) is 6.15 Å². The molecule has 1 aromatic heterocycles. The molecule has 76 heavy (non-hydrogen) atoms. The van der Waals surface area contributed by atoms with E-state index in [0.717, 1.165) is 5.56 Å². The van der Waals surface area contributed by atoms with Gasteiger partial charge in [-0.15, -0.1) is 0 Å². The van der Waals surface area contributed by atoms with E-state index >= 15 is 0 Å². The van der Waals surface area contributed by atoms with Crippen LogP contribution in [0.2, 0.25) is 0 Å². The van der Waals surface area contributed by atoms with Crippen LogP contribution >= 0.6 is 0 Å². The van der Waals surface area contributed by atoms with Crippen molar-refractivity contribution >= 4 is 33.8 Å². The fourth-order valence-corrected chi connectivity index (χ4v) is 8.01. The first-order chi connectivity index (χ1) is 34.2. The average molecular weight is 1120 g/mol. The van der Waals surface area contributed by atoms with Crippen molar-refractivity contribution in [1.82, 2.24) is 0 Å². The minimum absolute atomic E-state index is 0.133. The van der Waals surface area contributed by atoms with Gasteiger partial charge >= 0.3 is 49.4 Å². The van der Waals surface area contributed by atoms with Crippen LogP contribution in [0.4, 0.5) is 105 Å². The molecule has 0 amide bonds. The number of ketones is 1. The molecule has 0 N–H and O–H groups in total. The number of pyridine rings is 1. The third-order valence-electron chi connectivity index (χ3n) is 11.6. The normalized spacial score (nSPS) is 13.6. The summed E-state index contributed by atoms with van der Waals surface area (Å²) in [5, 5.41) is 0. The monoisotopic (exact) mass is 1120 g/mol. The molecule has 0 fully saturated rings. The fraction of sp³-hybridized carbons (Fsp3) is 0.265. The molecule has 410 valence electrons. The van der Waals surface area contributed by atoms with E-state index in [1.54, 1.807) is 0 Å². The van der Waals surface area contributed by atoms with Crippen molar-refractivity contribution in [1.29, 1.82) is 0 Å². The predicted octanol–water partition coefficient (Wildman–Crippen LogP) is 14.4. The highest BCUT2D eigenvalue weighted by atomic mass is 19.4. The Kier molecular flexibility index (Phi) is 16.1. The van der Waals surface area contributed by atoms with Crippen LogP contribution in [0.5, 0.6) is 0 Å². The second kappa shape index (κ2) is 20.4. The molecule has 1 heterocycles. The highest BCUT2D eigenvalue weighted by Crippen LogP contribution is 2.41. The number of hydrogen-bond donors (Lipinski definition) is 0. The maximum absolute atomic E-state index is 14.2. The Morgan fingerprint density at radius 2 is 0.566 bits per heavy atom. The summed E-state index contributed by atoms with van der Waals surface area (Å²) in [6.07, 6.45) is -50.9. The third kappa shape index (κ3) is 14.0. The van der Waals surface area contributed by atoms with Crippen LogP contribution in [0.3, 0.4) is 0 Å². The van der Waals surface area contributed by atoms with Crippen LogP contribution in [0, 0.1) is 0 Å². The van der Waals surface area contributed by atoms with Crippen molar-refractivity contribution < 1.29 is 115 Å². The fourth-order valence-electron chi connectivity index (χ4n) is 8.01. The molecule has 0 spiro atoms. The van der Waals surface area contributed by atoms with E-state index < -0.39 is 195 Å². The first-order valence-electron chi connectivity index (χ1n) is 21.2. The van der Waals surface area contributed by atoms with Gasteiger partial charge in [0.05, 0.1) is 44.5 Å². The Morgan fingerprint density at radius 3 is 0.763 bits per heavy atom. The number of carbonyl (C=O) groups is 1. The van der Waals surface area contributed by atoms with Crippen molar-refractivity contribution in [3.8, 4) is 0 Å². The molecule has 5 aromatic carbocycles. The number of aromatic nitrogens is 1. The van der Waals surface area contributed by atoms with Gasteiger partial charge in [0.15, 0.2) is 12.4 Å². The molecule has 0 saturated heterocycles. The Bertz CT molecular complexity index is 2600. The first-order valence-corrected chi connectivity index (χ1v) is 21.2. The average Bonchev–Trinajstić information content (AvgIpc) is 3.27. The van der Waals surface area contributed by atoms with E-state index in [9.17, 15) is 110 Å². The standard InChI is InChI=1S/C32H12BF24.C17H20NO/c34-25(35,36)13-1-14(26(37,38)39)6-21(5-13)33(22-7-15(27(40,41)42)2-16(8-22)28(43,44)45,23-9-17(29(46,47)48)3-18(10-23)30(49,50)51)24-11-19(31(52,53)54)4-20(12-24)32(55,56)57;1-17(2,3)15-9-11-18(12-10-15)13-16(19)14-7-5-4-6-8-14/h1-12H;4-12H,13H2,1-3H3/q-1;+1. The van der Waals surface area contributed by atoms with Crippen LogP contribution in [-0.2, 0) is 61.4 Å². The quantitative estimate of drug-likeness (QED) is 0.0675. The SMILES string of the molecule is CC(C)(C)c1cc[n+](CC(=O)c2ccccc2)cc1.FC(F)(F)c1cc([B-](c2cc(C(F)(F)F)cc(C(F)(F)F)c2)(c2cc(C(F)(F)F)cc(C(F)(F)F)c2)c2cc(C(F)(F)F)cc(C(F)(F)F)c2)cc(C(F)(F)F)c1. The minimum atomic E-state index is -6.13. The molecule has 0 bridgehead atoms. The molecular formula is C49H32BF24NO. The van der Waals surface area contributed by atoms with E-state index in [0.29, 0.717) is 6.54 Å². The second-order valence-corrected chi connectivity index (χ2v) is 18.0. The van der Waals surface area contributed by atoms with Gasteiger partial charge < -0.3 is 0 Å². The summed E-state index contributed by atoms with van der Waals surface area (Å²) in [4.78, 5) is 12.1. The van der Waals surface area contributed by atoms with Gasteiger partial charge in [-0.2, -0.15) is 132 Å². The number of halogens is 24. The summed E-state index contributed by atoms with van der Waals surface area (Å²) >= 11 is 0. The molecule has 0 radical (unpaired) electrons. The van der Waals surface area contributed by atoms with E-state index in [2.05, 4.69) is 32.9 Å². The van der Waals surface area contributed by atoms with Crippen molar-refractivity contribution in [3.05, 3.63) is 183 Å². The van der Waals surface area contributed by atoms with E-state index in [1.807, 2.05) is 47.3 Å². The Morgan fingerprint density at radius 1 is 0.342 bits per heavy atom. The lowest BCUT2D eigenvalue weighted by Crippen LogP contribution is -2.75. The van der Waals surface area contributed by atoms with E-state index in [4.69, 9.17) is 0 Å². The molecule has 2 nitrogen and oxygen atoms in total. The van der Waals surface area contributed by atoms with Crippen molar-refractivity contribution in [2.75, 3.05) is 0 Å². The smallest absolute Gasteiger partial charge is 0.287 e. The molecule has 0 aliphatic carbocycles. The summed E-state index contributed by atoms with van der Waals surface area (Å²) in [6, 6.07) is 4.76. The van der Waals surface area contributed by atoms with Crippen molar-refractivity contribution in [3.63, 3.8) is 0 Å². The molecule has 0 atom stereocenters. The van der Waals surface area contributed by atoms with Crippen LogP contribution in [-0.4, -0.2) is 11.9 Å². The molecule has 0 unspecified atom stereocenters. The van der Waals surface area contributed by atoms with Gasteiger partial charge in [-0.25, -0.2) is 0 Å². The van der Waals surface area contributed by atoms with Crippen LogP contribution in [0.15, 0.2) is 128 Å². The van der Waals surface area contributed by atoms with E-state index in [-0.39, 0.29) is 11.2 Å². The summed E-state index contributed by atoms with van der Waals surface area (Å²) in [5.74, 6) is 0.133. The largest absolute Gasteiger partial charge is 0.416 e. The first kappa shape index (κ1) is 60.2. The maximum atomic E-state index is 14.2. The zero-order valence-corrected chi connectivity index (χ0v) is 38.3. The van der Waals surface area contributed by atoms with Gasteiger partial charge in [0.2, 0.25) is 12.3 Å². The topological polar surface area (TPSA) is 20.9 Å². The Hall–Kier alpha value is -6.70. The molecule has 0 saturated carbocycles. The number of rotatable bonds is 7. The summed E-state index contributed by atoms with van der Waals surface area (Å²) < 4.78 is 343. The molecule has 6 rings (SSSR count). The Labute approximate surface area is 413 Å². The number of hydrogen-bond acceptors (Lipinski definition) is 1. The molecule has 6 aromatic rings. The second-order valence-electron chi connectivity index (χ2n) is 18.0. The zero-order valence-electron chi connectivity index (χ0n) is 38.3. The summed E-state index contributed by atoms with van der Waals surface area (Å²) in [6.45, 7) is 6.93. The van der Waals surface area contributed by atoms with Gasteiger partial charge in [0, 0.05) is 17.7 Å². The number of Topliss-reactive ketones (excluding diaryl/α,β-unsaturated/α-hetero) is 1. The number of alkyl halides is 24. The van der Waals surface area contributed by atoms with Gasteiger partial charge in [-0.05, 0) is 35.2 Å². The zero-order chi connectivity index (χ0) is 57.8. The van der Waals surface area contributed by atoms with Crippen LogP contribution < -0.4 is 26.4 Å². The highest BCUT2D eigenvalue weighted by Gasteiger charge is 2.47. The summed E-state index contributed by atoms with van der Waals surface area (Å²) in [5.41, 5.74) is -28.0. The molecule has 0 aliphatic heterocycles. The predicted molar refractivity (Wildman–Crippen MR) is 226 cm³/mol. The maximum Gasteiger partial charge on any atom is 0.416 e. The molecule has 0 aliphatic rings. The van der Waals surface area contributed by atoms with Gasteiger partial charge in [-0.1, -0.05) is 99.6 Å². The molecule has 27 heteroatoms. The van der Waals surface area contributed by atoms with Gasteiger partial charge in [-0.3, -0.25) is 4.79 Å². The summed E-state index contributed by atoms with van der Waals surface area (Å²) in [7, 11) is 0. The highest BCUT2D eigenvalue weighted by molar-refractivity contribution is 7.20. The van der Waals surface area contributed by atoms with Gasteiger partial charge in [0.25, 0.3) is 0 Å². The lowest BCUT2D eigenvalue weighted by Gasteiger charge is -2.46. The van der Waals surface area contributed by atoms with E-state index in [1.165, 1.54) is 5.56 Å². The minimum Gasteiger partial charge on any atom is -0.287 e. The number of benzene rings is 5. The lowest BCUT2D eigenvalue weighted by atomic mass is 9.12. The third-order valence-corrected chi connectivity index (χ3v) is 11.6. The molecular weight excluding hydrogens is 1090 g/mol.